The van der Waals surface area contributed by atoms with Crippen LogP contribution in [0.4, 0.5) is 0 Å². The first-order valence-electron chi connectivity index (χ1n) is 7.52. The fourth-order valence-corrected chi connectivity index (χ4v) is 2.79. The predicted octanol–water partition coefficient (Wildman–Crippen LogP) is 4.61. The molecule has 0 N–H and O–H groups in total. The number of rotatable bonds is 5. The minimum absolute atomic E-state index is 0.0241. The SMILES string of the molecule is COC1(CCC=C=C[Si](C)(C)C(C)(C)C)C=CC(=O)C=C1. The van der Waals surface area contributed by atoms with Gasteiger partial charge in [-0.25, -0.2) is 0 Å². The Kier molecular flexibility index (Phi) is 5.74. The molecule has 0 amide bonds. The number of methoxy groups -OCH3 is 1. The summed E-state index contributed by atoms with van der Waals surface area (Å²) in [5, 5.41) is 0.344. The molecule has 0 aromatic rings. The Morgan fingerprint density at radius 2 is 1.86 bits per heavy atom. The molecule has 0 radical (unpaired) electrons. The van der Waals surface area contributed by atoms with Crippen molar-refractivity contribution >= 4 is 13.9 Å². The van der Waals surface area contributed by atoms with Gasteiger partial charge in [-0.15, -0.1) is 5.73 Å². The van der Waals surface area contributed by atoms with Crippen LogP contribution < -0.4 is 0 Å². The largest absolute Gasteiger partial charge is 0.370 e. The van der Waals surface area contributed by atoms with Crippen molar-refractivity contribution in [2.45, 2.75) is 57.3 Å². The average Bonchev–Trinajstić information content (AvgIpc) is 2.39. The zero-order valence-corrected chi connectivity index (χ0v) is 15.2. The number of hydrogen-bond donors (Lipinski definition) is 0. The number of ether oxygens (including phenoxy) is 1. The van der Waals surface area contributed by atoms with Crippen molar-refractivity contribution in [3.63, 3.8) is 0 Å². The zero-order valence-electron chi connectivity index (χ0n) is 14.2. The molecule has 0 saturated carbocycles. The number of allylic oxidation sites excluding steroid dienone is 3. The van der Waals surface area contributed by atoms with Crippen molar-refractivity contribution < 1.29 is 9.53 Å². The van der Waals surface area contributed by atoms with Gasteiger partial charge >= 0.3 is 0 Å². The number of hydrogen-bond acceptors (Lipinski definition) is 2. The van der Waals surface area contributed by atoms with Gasteiger partial charge < -0.3 is 4.74 Å². The fraction of sp³-hybridized carbons (Fsp3) is 0.556. The highest BCUT2D eigenvalue weighted by Crippen LogP contribution is 2.36. The lowest BCUT2D eigenvalue weighted by molar-refractivity contribution is -0.110. The Morgan fingerprint density at radius 1 is 1.29 bits per heavy atom. The fourth-order valence-electron chi connectivity index (χ4n) is 1.83. The van der Waals surface area contributed by atoms with E-state index in [1.54, 1.807) is 19.3 Å². The number of ketones is 1. The normalized spacial score (nSPS) is 17.5. The molecule has 2 nitrogen and oxygen atoms in total. The van der Waals surface area contributed by atoms with Gasteiger partial charge in [-0.1, -0.05) is 39.6 Å². The summed E-state index contributed by atoms with van der Waals surface area (Å²) in [7, 11) is 0.278. The summed E-state index contributed by atoms with van der Waals surface area (Å²) < 4.78 is 5.55. The van der Waals surface area contributed by atoms with E-state index in [-0.39, 0.29) is 5.78 Å². The van der Waals surface area contributed by atoms with Crippen molar-refractivity contribution in [1.29, 1.82) is 0 Å². The van der Waals surface area contributed by atoms with E-state index in [9.17, 15) is 4.79 Å². The van der Waals surface area contributed by atoms with Gasteiger partial charge in [0.2, 0.25) is 0 Å². The van der Waals surface area contributed by atoms with Crippen LogP contribution in [0, 0.1) is 0 Å². The third-order valence-corrected chi connectivity index (χ3v) is 9.37. The molecule has 1 aliphatic rings. The van der Waals surface area contributed by atoms with Crippen LogP contribution in [0.3, 0.4) is 0 Å². The van der Waals surface area contributed by atoms with Gasteiger partial charge in [-0.2, -0.15) is 0 Å². The third-order valence-electron chi connectivity index (χ3n) is 4.61. The molecule has 0 fully saturated rings. The highest BCUT2D eigenvalue weighted by atomic mass is 28.3. The average molecular weight is 305 g/mol. The minimum atomic E-state index is -1.40. The van der Waals surface area contributed by atoms with Crippen LogP contribution in [0.5, 0.6) is 0 Å². The third kappa shape index (κ3) is 4.96. The second-order valence-corrected chi connectivity index (χ2v) is 12.5. The van der Waals surface area contributed by atoms with Crippen molar-refractivity contribution in [3.05, 3.63) is 41.8 Å². The zero-order chi connectivity index (χ0) is 16.1. The van der Waals surface area contributed by atoms with Crippen LogP contribution in [0.1, 0.15) is 33.6 Å². The molecular formula is C18H28O2Si. The van der Waals surface area contributed by atoms with E-state index in [4.69, 9.17) is 4.74 Å². The maximum Gasteiger partial charge on any atom is 0.178 e. The van der Waals surface area contributed by atoms with Crippen molar-refractivity contribution in [2.24, 2.45) is 0 Å². The summed E-state index contributed by atoms with van der Waals surface area (Å²) in [6, 6.07) is 0. The van der Waals surface area contributed by atoms with E-state index < -0.39 is 13.7 Å². The maximum absolute atomic E-state index is 11.2. The molecular weight excluding hydrogens is 276 g/mol. The first kappa shape index (κ1) is 17.9. The highest BCUT2D eigenvalue weighted by molar-refractivity contribution is 6.84. The van der Waals surface area contributed by atoms with Gasteiger partial charge in [-0.3, -0.25) is 4.79 Å². The van der Waals surface area contributed by atoms with Gasteiger partial charge in [0.25, 0.3) is 0 Å². The monoisotopic (exact) mass is 304 g/mol. The molecule has 0 aromatic heterocycles. The van der Waals surface area contributed by atoms with Gasteiger partial charge in [0, 0.05) is 7.11 Å². The summed E-state index contributed by atoms with van der Waals surface area (Å²) in [4.78, 5) is 11.2. The number of carbonyl (C=O) groups is 1. The van der Waals surface area contributed by atoms with Crippen LogP contribution in [0.2, 0.25) is 18.1 Å². The van der Waals surface area contributed by atoms with Crippen LogP contribution in [-0.4, -0.2) is 26.6 Å². The molecule has 0 unspecified atom stereocenters. The quantitative estimate of drug-likeness (QED) is 0.548. The summed E-state index contributed by atoms with van der Waals surface area (Å²) in [5.74, 6) is 0.0241. The van der Waals surface area contributed by atoms with E-state index in [0.29, 0.717) is 5.04 Å². The first-order chi connectivity index (χ1) is 9.62. The molecule has 0 aromatic carbocycles. The van der Waals surface area contributed by atoms with E-state index in [1.807, 2.05) is 12.2 Å². The molecule has 0 spiro atoms. The second-order valence-electron chi connectivity index (χ2n) is 7.25. The summed E-state index contributed by atoms with van der Waals surface area (Å²) in [5.41, 5.74) is 5.20. The highest BCUT2D eigenvalue weighted by Gasteiger charge is 2.32. The summed E-state index contributed by atoms with van der Waals surface area (Å²) in [6.07, 6.45) is 10.6. The Bertz CT molecular complexity index is 482. The molecule has 116 valence electrons. The van der Waals surface area contributed by atoms with Gasteiger partial charge in [0.05, 0.1) is 8.07 Å². The predicted molar refractivity (Wildman–Crippen MR) is 92.1 cm³/mol. The molecule has 0 heterocycles. The lowest BCUT2D eigenvalue weighted by Gasteiger charge is -2.33. The van der Waals surface area contributed by atoms with Gasteiger partial charge in [-0.05, 0) is 48.3 Å². The smallest absolute Gasteiger partial charge is 0.178 e. The molecule has 3 heteroatoms. The first-order valence-corrected chi connectivity index (χ1v) is 10.6. The van der Waals surface area contributed by atoms with Crippen LogP contribution >= 0.6 is 0 Å². The molecule has 1 rings (SSSR count). The van der Waals surface area contributed by atoms with Crippen LogP contribution in [-0.2, 0) is 9.53 Å². The minimum Gasteiger partial charge on any atom is -0.370 e. The van der Waals surface area contributed by atoms with Crippen molar-refractivity contribution in [2.75, 3.05) is 7.11 Å². The Balaban J connectivity index is 2.64. The van der Waals surface area contributed by atoms with Gasteiger partial charge in [0.1, 0.15) is 5.60 Å². The molecule has 0 bridgehead atoms. The van der Waals surface area contributed by atoms with Crippen molar-refractivity contribution in [3.8, 4) is 0 Å². The van der Waals surface area contributed by atoms with Crippen molar-refractivity contribution in [1.82, 2.24) is 0 Å². The molecule has 0 aliphatic heterocycles. The molecule has 0 saturated heterocycles. The van der Waals surface area contributed by atoms with Crippen LogP contribution in [0.25, 0.3) is 0 Å². The molecule has 0 atom stereocenters. The summed E-state index contributed by atoms with van der Waals surface area (Å²) >= 11 is 0. The topological polar surface area (TPSA) is 26.3 Å². The lowest BCUT2D eigenvalue weighted by Crippen LogP contribution is -2.34. The van der Waals surface area contributed by atoms with E-state index in [1.165, 1.54) is 0 Å². The standard InChI is InChI=1S/C18H28O2Si/c1-17(2,3)21(5,6)15-9-7-8-12-18(20-4)13-10-16(19)11-14-18/h7,10-11,13-15H,8,12H2,1-6H3. The lowest BCUT2D eigenvalue weighted by atomic mass is 9.92. The Hall–Kier alpha value is -1.15. The second kappa shape index (κ2) is 6.74. The molecule has 21 heavy (non-hydrogen) atoms. The van der Waals surface area contributed by atoms with E-state index in [2.05, 4.69) is 51.4 Å². The Labute approximate surface area is 130 Å². The van der Waals surface area contributed by atoms with E-state index in [0.717, 1.165) is 12.8 Å². The maximum atomic E-state index is 11.2. The van der Waals surface area contributed by atoms with E-state index >= 15 is 0 Å². The Morgan fingerprint density at radius 3 is 2.33 bits per heavy atom. The summed E-state index contributed by atoms with van der Waals surface area (Å²) in [6.45, 7) is 11.6. The molecule has 1 aliphatic carbocycles. The van der Waals surface area contributed by atoms with Crippen LogP contribution in [0.15, 0.2) is 41.8 Å². The number of carbonyl (C=O) groups excluding carboxylic acids is 1. The van der Waals surface area contributed by atoms with Gasteiger partial charge in [0.15, 0.2) is 5.78 Å².